The van der Waals surface area contributed by atoms with Crippen LogP contribution in [0.3, 0.4) is 0 Å². The Hall–Kier alpha value is -0.700. The average Bonchev–Trinajstić information content (AvgIpc) is 2.34. The number of rotatable bonds is 2. The lowest BCUT2D eigenvalue weighted by Crippen LogP contribution is -2.28. The van der Waals surface area contributed by atoms with Gasteiger partial charge >= 0.3 is 0 Å². The average molecular weight is 142 g/mol. The molecule has 0 bridgehead atoms. The van der Waals surface area contributed by atoms with Gasteiger partial charge in [-0.25, -0.2) is 0 Å². The van der Waals surface area contributed by atoms with Crippen LogP contribution >= 0.6 is 0 Å². The van der Waals surface area contributed by atoms with E-state index < -0.39 is 0 Å². The summed E-state index contributed by atoms with van der Waals surface area (Å²) in [5, 5.41) is 12.1. The monoisotopic (exact) mass is 142 g/mol. The van der Waals surface area contributed by atoms with Gasteiger partial charge in [0.05, 0.1) is 0 Å². The maximum absolute atomic E-state index is 8.97. The van der Waals surface area contributed by atoms with Gasteiger partial charge in [0.15, 0.2) is 5.88 Å². The van der Waals surface area contributed by atoms with Gasteiger partial charge in [-0.15, -0.1) is 0 Å². The van der Waals surface area contributed by atoms with Crippen molar-refractivity contribution in [1.82, 2.24) is 10.2 Å². The van der Waals surface area contributed by atoms with Crippen LogP contribution in [0.2, 0.25) is 0 Å². The van der Waals surface area contributed by atoms with Crippen LogP contribution in [0, 0.1) is 0 Å². The standard InChI is InChI=1S/C7H14N2O/c1-6(10)9-4-3-7(5-9)8-2/h7-8,10H,1,3-5H2,2H3. The summed E-state index contributed by atoms with van der Waals surface area (Å²) in [6.45, 7) is 5.26. The van der Waals surface area contributed by atoms with Crippen LogP contribution in [0.4, 0.5) is 0 Å². The molecule has 2 N–H and O–H groups in total. The fourth-order valence-corrected chi connectivity index (χ4v) is 1.23. The van der Waals surface area contributed by atoms with E-state index in [9.17, 15) is 0 Å². The molecular weight excluding hydrogens is 128 g/mol. The summed E-state index contributed by atoms with van der Waals surface area (Å²) < 4.78 is 0. The van der Waals surface area contributed by atoms with Crippen molar-refractivity contribution in [2.24, 2.45) is 0 Å². The van der Waals surface area contributed by atoms with Crippen LogP contribution < -0.4 is 5.32 Å². The number of hydrogen-bond acceptors (Lipinski definition) is 3. The normalized spacial score (nSPS) is 25.3. The van der Waals surface area contributed by atoms with Gasteiger partial charge in [-0.1, -0.05) is 0 Å². The molecule has 1 aliphatic rings. The third-order valence-electron chi connectivity index (χ3n) is 1.96. The molecular formula is C7H14N2O. The molecule has 1 rings (SSSR count). The zero-order valence-corrected chi connectivity index (χ0v) is 6.30. The summed E-state index contributed by atoms with van der Waals surface area (Å²) >= 11 is 0. The third kappa shape index (κ3) is 1.42. The number of aliphatic hydroxyl groups is 1. The summed E-state index contributed by atoms with van der Waals surface area (Å²) in [4.78, 5) is 1.88. The molecule has 0 spiro atoms. The second-order valence-corrected chi connectivity index (χ2v) is 2.64. The largest absolute Gasteiger partial charge is 0.495 e. The maximum atomic E-state index is 8.97. The zero-order chi connectivity index (χ0) is 7.56. The lowest BCUT2D eigenvalue weighted by Gasteiger charge is -2.15. The summed E-state index contributed by atoms with van der Waals surface area (Å²) in [6.07, 6.45) is 1.09. The Bertz CT molecular complexity index is 136. The molecule has 58 valence electrons. The molecule has 0 radical (unpaired) electrons. The predicted molar refractivity (Wildman–Crippen MR) is 40.8 cm³/mol. The Labute approximate surface area is 61.3 Å². The van der Waals surface area contributed by atoms with E-state index in [4.69, 9.17) is 5.11 Å². The molecule has 3 heteroatoms. The van der Waals surface area contributed by atoms with Crippen molar-refractivity contribution in [2.45, 2.75) is 12.5 Å². The molecule has 0 aromatic heterocycles. The highest BCUT2D eigenvalue weighted by molar-refractivity contribution is 4.90. The van der Waals surface area contributed by atoms with Crippen molar-refractivity contribution in [2.75, 3.05) is 20.1 Å². The number of nitrogens with one attached hydrogen (secondary N) is 1. The Morgan fingerprint density at radius 1 is 1.80 bits per heavy atom. The van der Waals surface area contributed by atoms with E-state index >= 15 is 0 Å². The minimum atomic E-state index is 0.192. The fourth-order valence-electron chi connectivity index (χ4n) is 1.23. The summed E-state index contributed by atoms with van der Waals surface area (Å²) in [6, 6.07) is 0.517. The molecule has 10 heavy (non-hydrogen) atoms. The number of likely N-dealkylation sites (N-methyl/N-ethyl adjacent to an activating group) is 1. The topological polar surface area (TPSA) is 35.5 Å². The highest BCUT2D eigenvalue weighted by atomic mass is 16.3. The number of hydrogen-bond donors (Lipinski definition) is 2. The smallest absolute Gasteiger partial charge is 0.179 e. The number of aliphatic hydroxyl groups excluding tert-OH is 1. The maximum Gasteiger partial charge on any atom is 0.179 e. The van der Waals surface area contributed by atoms with Crippen molar-refractivity contribution in [3.63, 3.8) is 0 Å². The first-order valence-electron chi connectivity index (χ1n) is 3.54. The second-order valence-electron chi connectivity index (χ2n) is 2.64. The van der Waals surface area contributed by atoms with Gasteiger partial charge in [0, 0.05) is 19.1 Å². The van der Waals surface area contributed by atoms with Gasteiger partial charge in [-0.2, -0.15) is 0 Å². The number of likely N-dealkylation sites (tertiary alicyclic amines) is 1. The van der Waals surface area contributed by atoms with Crippen molar-refractivity contribution in [3.05, 3.63) is 12.5 Å². The lowest BCUT2D eigenvalue weighted by atomic mass is 10.3. The van der Waals surface area contributed by atoms with Gasteiger partial charge in [0.1, 0.15) is 0 Å². The Balaban J connectivity index is 2.35. The summed E-state index contributed by atoms with van der Waals surface area (Å²) in [7, 11) is 1.94. The zero-order valence-electron chi connectivity index (χ0n) is 6.30. The molecule has 1 saturated heterocycles. The van der Waals surface area contributed by atoms with Crippen molar-refractivity contribution in [1.29, 1.82) is 0 Å². The highest BCUT2D eigenvalue weighted by Crippen LogP contribution is 2.11. The van der Waals surface area contributed by atoms with Crippen LogP contribution in [0.1, 0.15) is 6.42 Å². The quantitative estimate of drug-likeness (QED) is 0.545. The first-order chi connectivity index (χ1) is 4.74. The molecule has 1 atom stereocenters. The van der Waals surface area contributed by atoms with Crippen molar-refractivity contribution >= 4 is 0 Å². The van der Waals surface area contributed by atoms with Gasteiger partial charge in [-0.3, -0.25) is 0 Å². The van der Waals surface area contributed by atoms with E-state index in [0.717, 1.165) is 19.5 Å². The fraction of sp³-hybridized carbons (Fsp3) is 0.714. The minimum Gasteiger partial charge on any atom is -0.495 e. The molecule has 0 aromatic rings. The Morgan fingerprint density at radius 2 is 2.50 bits per heavy atom. The van der Waals surface area contributed by atoms with E-state index in [2.05, 4.69) is 11.9 Å². The van der Waals surface area contributed by atoms with Crippen LogP contribution in [-0.2, 0) is 0 Å². The van der Waals surface area contributed by atoms with Crippen LogP contribution in [0.15, 0.2) is 12.5 Å². The molecule has 3 nitrogen and oxygen atoms in total. The van der Waals surface area contributed by atoms with Crippen LogP contribution in [0.25, 0.3) is 0 Å². The van der Waals surface area contributed by atoms with Crippen LogP contribution in [-0.4, -0.2) is 36.2 Å². The van der Waals surface area contributed by atoms with E-state index in [1.807, 2.05) is 11.9 Å². The molecule has 1 aliphatic heterocycles. The second kappa shape index (κ2) is 2.92. The first-order valence-corrected chi connectivity index (χ1v) is 3.54. The van der Waals surface area contributed by atoms with E-state index in [-0.39, 0.29) is 5.88 Å². The summed E-state index contributed by atoms with van der Waals surface area (Å²) in [5.41, 5.74) is 0. The molecule has 0 aliphatic carbocycles. The van der Waals surface area contributed by atoms with E-state index in [1.165, 1.54) is 0 Å². The van der Waals surface area contributed by atoms with Crippen molar-refractivity contribution in [3.8, 4) is 0 Å². The molecule has 0 aromatic carbocycles. The molecule has 0 saturated carbocycles. The molecule has 0 amide bonds. The van der Waals surface area contributed by atoms with Crippen molar-refractivity contribution < 1.29 is 5.11 Å². The Morgan fingerprint density at radius 3 is 2.80 bits per heavy atom. The molecule has 1 unspecified atom stereocenters. The first kappa shape index (κ1) is 7.41. The SMILES string of the molecule is C=C(O)N1CCC(NC)C1. The number of nitrogens with zero attached hydrogens (tertiary/aromatic N) is 1. The van der Waals surface area contributed by atoms with Crippen LogP contribution in [0.5, 0.6) is 0 Å². The Kier molecular flexibility index (Phi) is 2.17. The van der Waals surface area contributed by atoms with Gasteiger partial charge in [0.25, 0.3) is 0 Å². The lowest BCUT2D eigenvalue weighted by molar-refractivity contribution is 0.232. The highest BCUT2D eigenvalue weighted by Gasteiger charge is 2.20. The minimum absolute atomic E-state index is 0.192. The van der Waals surface area contributed by atoms with Gasteiger partial charge in [0.2, 0.25) is 0 Å². The van der Waals surface area contributed by atoms with Gasteiger partial charge < -0.3 is 15.3 Å². The third-order valence-corrected chi connectivity index (χ3v) is 1.96. The summed E-state index contributed by atoms with van der Waals surface area (Å²) in [5.74, 6) is 0.192. The van der Waals surface area contributed by atoms with E-state index in [1.54, 1.807) is 0 Å². The molecule has 1 heterocycles. The van der Waals surface area contributed by atoms with Gasteiger partial charge in [-0.05, 0) is 20.0 Å². The molecule has 1 fully saturated rings. The predicted octanol–water partition coefficient (Wildman–Crippen LogP) is 0.309. The van der Waals surface area contributed by atoms with E-state index in [0.29, 0.717) is 6.04 Å².